The largest absolute Gasteiger partial charge is 0.497 e. The molecule has 0 fully saturated rings. The lowest BCUT2D eigenvalue weighted by molar-refractivity contribution is -0.385. The Bertz CT molecular complexity index is 792. The number of hydrogen-bond acceptors (Lipinski definition) is 6. The summed E-state index contributed by atoms with van der Waals surface area (Å²) < 4.78 is 10.3. The van der Waals surface area contributed by atoms with Gasteiger partial charge in [-0.2, -0.15) is 0 Å². The van der Waals surface area contributed by atoms with E-state index in [0.29, 0.717) is 28.4 Å². The van der Waals surface area contributed by atoms with E-state index < -0.39 is 4.92 Å². The fourth-order valence-corrected chi connectivity index (χ4v) is 2.28. The van der Waals surface area contributed by atoms with Crippen molar-refractivity contribution in [3.63, 3.8) is 0 Å². The van der Waals surface area contributed by atoms with E-state index in [1.165, 1.54) is 13.2 Å². The van der Waals surface area contributed by atoms with Gasteiger partial charge in [0.15, 0.2) is 0 Å². The molecule has 0 aliphatic heterocycles. The van der Waals surface area contributed by atoms with E-state index in [2.05, 4.69) is 10.6 Å². The summed E-state index contributed by atoms with van der Waals surface area (Å²) in [6, 6.07) is 9.71. The fourth-order valence-electron chi connectivity index (χ4n) is 2.28. The van der Waals surface area contributed by atoms with Gasteiger partial charge < -0.3 is 20.1 Å². The molecule has 2 N–H and O–H groups in total. The van der Waals surface area contributed by atoms with Gasteiger partial charge in [-0.05, 0) is 25.1 Å². The monoisotopic (exact) mass is 345 g/mol. The molecule has 25 heavy (non-hydrogen) atoms. The van der Waals surface area contributed by atoms with Crippen molar-refractivity contribution in [2.45, 2.75) is 6.92 Å². The van der Waals surface area contributed by atoms with Crippen LogP contribution in [0.3, 0.4) is 0 Å². The zero-order chi connectivity index (χ0) is 18.4. The van der Waals surface area contributed by atoms with Crippen LogP contribution in [0, 0.1) is 17.0 Å². The van der Waals surface area contributed by atoms with Gasteiger partial charge in [0.25, 0.3) is 5.69 Å². The zero-order valence-electron chi connectivity index (χ0n) is 14.2. The molecular weight excluding hydrogens is 326 g/mol. The first-order chi connectivity index (χ1) is 12.0. The lowest BCUT2D eigenvalue weighted by atomic mass is 10.1. The molecule has 2 aromatic carbocycles. The van der Waals surface area contributed by atoms with Crippen molar-refractivity contribution in [2.75, 3.05) is 31.4 Å². The van der Waals surface area contributed by atoms with E-state index >= 15 is 0 Å². The van der Waals surface area contributed by atoms with Crippen LogP contribution in [-0.4, -0.2) is 31.6 Å². The summed E-state index contributed by atoms with van der Waals surface area (Å²) in [6.45, 7) is 1.59. The maximum Gasteiger partial charge on any atom is 0.274 e. The molecule has 0 aliphatic rings. The smallest absolute Gasteiger partial charge is 0.274 e. The molecule has 0 heterocycles. The van der Waals surface area contributed by atoms with E-state index in [1.807, 2.05) is 0 Å². The van der Waals surface area contributed by atoms with Crippen molar-refractivity contribution in [3.05, 3.63) is 52.1 Å². The van der Waals surface area contributed by atoms with Crippen LogP contribution in [-0.2, 0) is 4.79 Å². The van der Waals surface area contributed by atoms with Crippen molar-refractivity contribution in [3.8, 4) is 11.5 Å². The van der Waals surface area contributed by atoms with E-state index in [0.717, 1.165) is 0 Å². The molecule has 8 nitrogen and oxygen atoms in total. The second-order valence-corrected chi connectivity index (χ2v) is 5.17. The molecule has 0 atom stereocenters. The zero-order valence-corrected chi connectivity index (χ0v) is 14.2. The van der Waals surface area contributed by atoms with Gasteiger partial charge in [0.1, 0.15) is 11.5 Å². The van der Waals surface area contributed by atoms with E-state index in [-0.39, 0.29) is 18.1 Å². The van der Waals surface area contributed by atoms with Gasteiger partial charge in [0, 0.05) is 23.4 Å². The molecule has 1 amide bonds. The third-order valence-corrected chi connectivity index (χ3v) is 3.62. The first-order valence-corrected chi connectivity index (χ1v) is 7.46. The first kappa shape index (κ1) is 18.1. The summed E-state index contributed by atoms with van der Waals surface area (Å²) in [5, 5.41) is 16.6. The van der Waals surface area contributed by atoms with Crippen LogP contribution in [0.2, 0.25) is 0 Å². The first-order valence-electron chi connectivity index (χ1n) is 7.46. The van der Waals surface area contributed by atoms with Crippen LogP contribution < -0.4 is 20.1 Å². The van der Waals surface area contributed by atoms with E-state index in [4.69, 9.17) is 9.47 Å². The molecule has 0 aromatic heterocycles. The van der Waals surface area contributed by atoms with Gasteiger partial charge in [0.2, 0.25) is 5.91 Å². The number of methoxy groups -OCH3 is 2. The Morgan fingerprint density at radius 1 is 1.16 bits per heavy atom. The summed E-state index contributed by atoms with van der Waals surface area (Å²) in [5.41, 5.74) is 1.52. The number of benzene rings is 2. The molecule has 132 valence electrons. The topological polar surface area (TPSA) is 103 Å². The minimum Gasteiger partial charge on any atom is -0.497 e. The van der Waals surface area contributed by atoms with Gasteiger partial charge in [-0.1, -0.05) is 6.07 Å². The summed E-state index contributed by atoms with van der Waals surface area (Å²) in [7, 11) is 3.04. The van der Waals surface area contributed by atoms with Gasteiger partial charge >= 0.3 is 0 Å². The number of nitrogens with one attached hydrogen (secondary N) is 2. The number of nitrogens with zero attached hydrogens (tertiary/aromatic N) is 1. The highest BCUT2D eigenvalue weighted by Crippen LogP contribution is 2.29. The van der Waals surface area contributed by atoms with Crippen LogP contribution in [0.4, 0.5) is 17.1 Å². The summed E-state index contributed by atoms with van der Waals surface area (Å²) >= 11 is 0. The van der Waals surface area contributed by atoms with Crippen LogP contribution in [0.25, 0.3) is 0 Å². The molecule has 8 heteroatoms. The van der Waals surface area contributed by atoms with Crippen molar-refractivity contribution in [2.24, 2.45) is 0 Å². The Labute approximate surface area is 144 Å². The van der Waals surface area contributed by atoms with E-state index in [1.54, 1.807) is 44.4 Å². The van der Waals surface area contributed by atoms with Crippen molar-refractivity contribution in [1.29, 1.82) is 0 Å². The van der Waals surface area contributed by atoms with Crippen LogP contribution >= 0.6 is 0 Å². The Kier molecular flexibility index (Phi) is 5.78. The number of rotatable bonds is 7. The maximum atomic E-state index is 12.1. The number of nitro groups is 1. The number of carbonyl (C=O) groups excluding carboxylic acids is 1. The lowest BCUT2D eigenvalue weighted by Gasteiger charge is -2.13. The average Bonchev–Trinajstić information content (AvgIpc) is 2.60. The number of nitro benzene ring substituents is 1. The summed E-state index contributed by atoms with van der Waals surface area (Å²) in [4.78, 5) is 22.6. The third kappa shape index (κ3) is 4.37. The molecule has 2 aromatic rings. The quantitative estimate of drug-likeness (QED) is 0.591. The Hall–Kier alpha value is -3.29. The molecule has 0 radical (unpaired) electrons. The standard InChI is InChI=1S/C17H19N3O5/c1-11-13(5-4-6-15(11)20(22)23)18-10-17(21)19-14-8-7-12(24-2)9-16(14)25-3/h4-9,18H,10H2,1-3H3,(H,19,21). The molecular formula is C17H19N3O5. The van der Waals surface area contributed by atoms with Crippen LogP contribution in [0.15, 0.2) is 36.4 Å². The van der Waals surface area contributed by atoms with Crippen molar-refractivity contribution >= 4 is 23.0 Å². The fraction of sp³-hybridized carbons (Fsp3) is 0.235. The van der Waals surface area contributed by atoms with Gasteiger partial charge in [0.05, 0.1) is 31.4 Å². The highest BCUT2D eigenvalue weighted by Gasteiger charge is 2.14. The number of hydrogen-bond donors (Lipinski definition) is 2. The van der Waals surface area contributed by atoms with Gasteiger partial charge in [-0.25, -0.2) is 0 Å². The minimum absolute atomic E-state index is 0.00207. The Morgan fingerprint density at radius 2 is 1.92 bits per heavy atom. The summed E-state index contributed by atoms with van der Waals surface area (Å²) in [6.07, 6.45) is 0. The molecule has 0 saturated heterocycles. The minimum atomic E-state index is -0.456. The molecule has 0 bridgehead atoms. The molecule has 0 spiro atoms. The van der Waals surface area contributed by atoms with Crippen LogP contribution in [0.1, 0.15) is 5.56 Å². The molecule has 2 rings (SSSR count). The average molecular weight is 345 g/mol. The third-order valence-electron chi connectivity index (χ3n) is 3.62. The predicted octanol–water partition coefficient (Wildman–Crippen LogP) is 2.97. The molecule has 0 saturated carbocycles. The summed E-state index contributed by atoms with van der Waals surface area (Å²) in [5.74, 6) is 0.772. The number of anilines is 2. The number of amides is 1. The highest BCUT2D eigenvalue weighted by molar-refractivity contribution is 5.95. The number of carbonyl (C=O) groups is 1. The Balaban J connectivity index is 2.05. The predicted molar refractivity (Wildman–Crippen MR) is 94.5 cm³/mol. The second kappa shape index (κ2) is 8.00. The van der Waals surface area contributed by atoms with Crippen LogP contribution in [0.5, 0.6) is 11.5 Å². The second-order valence-electron chi connectivity index (χ2n) is 5.17. The maximum absolute atomic E-state index is 12.1. The van der Waals surface area contributed by atoms with E-state index in [9.17, 15) is 14.9 Å². The lowest BCUT2D eigenvalue weighted by Crippen LogP contribution is -2.22. The van der Waals surface area contributed by atoms with Gasteiger partial charge in [-0.3, -0.25) is 14.9 Å². The Morgan fingerprint density at radius 3 is 2.56 bits per heavy atom. The SMILES string of the molecule is COc1ccc(NC(=O)CNc2cccc([N+](=O)[O-])c2C)c(OC)c1. The van der Waals surface area contributed by atoms with Crippen molar-refractivity contribution in [1.82, 2.24) is 0 Å². The normalized spacial score (nSPS) is 10.0. The highest BCUT2D eigenvalue weighted by atomic mass is 16.6. The number of ether oxygens (including phenoxy) is 2. The van der Waals surface area contributed by atoms with Gasteiger partial charge in [-0.15, -0.1) is 0 Å². The molecule has 0 aliphatic carbocycles. The van der Waals surface area contributed by atoms with Crippen molar-refractivity contribution < 1.29 is 19.2 Å². The molecule has 0 unspecified atom stereocenters.